The van der Waals surface area contributed by atoms with E-state index in [4.69, 9.17) is 4.74 Å². The molecule has 0 spiro atoms. The van der Waals surface area contributed by atoms with E-state index >= 15 is 0 Å². The molecular formula is C16H23N3O2. The van der Waals surface area contributed by atoms with Gasteiger partial charge in [-0.15, -0.1) is 0 Å². The number of nitrogens with zero attached hydrogens (tertiary/aromatic N) is 3. The second kappa shape index (κ2) is 7.24. The first kappa shape index (κ1) is 15.5. The van der Waals surface area contributed by atoms with E-state index in [1.165, 1.54) is 0 Å². The van der Waals surface area contributed by atoms with Gasteiger partial charge in [-0.3, -0.25) is 9.58 Å². The third-order valence-corrected chi connectivity index (χ3v) is 3.65. The van der Waals surface area contributed by atoms with E-state index in [0.717, 1.165) is 30.0 Å². The van der Waals surface area contributed by atoms with Crippen LogP contribution in [0.4, 0.5) is 0 Å². The summed E-state index contributed by atoms with van der Waals surface area (Å²) < 4.78 is 7.07. The number of aromatic nitrogens is 2. The number of likely N-dealkylation sites (N-methyl/N-ethyl adjacent to an activating group) is 1. The second-order valence-corrected chi connectivity index (χ2v) is 5.09. The van der Waals surface area contributed by atoms with Gasteiger partial charge in [0.15, 0.2) is 0 Å². The van der Waals surface area contributed by atoms with E-state index in [2.05, 4.69) is 16.9 Å². The van der Waals surface area contributed by atoms with Crippen molar-refractivity contribution in [2.75, 3.05) is 20.8 Å². The third kappa shape index (κ3) is 3.83. The predicted octanol–water partition coefficient (Wildman–Crippen LogP) is 2.08. The van der Waals surface area contributed by atoms with Crippen LogP contribution in [0.15, 0.2) is 36.7 Å². The Morgan fingerprint density at radius 3 is 2.57 bits per heavy atom. The molecule has 0 aliphatic carbocycles. The summed E-state index contributed by atoms with van der Waals surface area (Å²) >= 11 is 0. The number of ether oxygens (including phenoxy) is 1. The van der Waals surface area contributed by atoms with Crippen molar-refractivity contribution in [2.24, 2.45) is 0 Å². The lowest BCUT2D eigenvalue weighted by Crippen LogP contribution is -2.26. The summed E-state index contributed by atoms with van der Waals surface area (Å²) in [6.45, 7) is 3.75. The molecular weight excluding hydrogens is 266 g/mol. The maximum atomic E-state index is 9.71. The Balaban J connectivity index is 2.07. The van der Waals surface area contributed by atoms with Crippen molar-refractivity contribution in [3.05, 3.63) is 47.8 Å². The van der Waals surface area contributed by atoms with Crippen LogP contribution in [0.25, 0.3) is 0 Å². The van der Waals surface area contributed by atoms with Gasteiger partial charge in [-0.25, -0.2) is 0 Å². The average molecular weight is 289 g/mol. The molecule has 1 unspecified atom stereocenters. The van der Waals surface area contributed by atoms with Crippen LogP contribution in [-0.4, -0.2) is 40.6 Å². The number of hydrogen-bond donors (Lipinski definition) is 1. The first-order valence-electron chi connectivity index (χ1n) is 7.14. The zero-order valence-electron chi connectivity index (χ0n) is 12.9. The molecule has 0 saturated carbocycles. The van der Waals surface area contributed by atoms with Crippen LogP contribution >= 0.6 is 0 Å². The lowest BCUT2D eigenvalue weighted by Gasteiger charge is -2.26. The van der Waals surface area contributed by atoms with Gasteiger partial charge in [0.2, 0.25) is 0 Å². The van der Waals surface area contributed by atoms with Gasteiger partial charge in [-0.2, -0.15) is 5.10 Å². The number of aliphatic hydroxyl groups is 1. The van der Waals surface area contributed by atoms with Gasteiger partial charge in [-0.05, 0) is 31.7 Å². The maximum Gasteiger partial charge on any atom is 0.118 e. The molecule has 1 heterocycles. The number of methoxy groups -OCH3 is 1. The molecule has 5 nitrogen and oxygen atoms in total. The van der Waals surface area contributed by atoms with Crippen LogP contribution < -0.4 is 4.74 Å². The molecule has 0 fully saturated rings. The fourth-order valence-electron chi connectivity index (χ4n) is 2.38. The molecule has 1 atom stereocenters. The quantitative estimate of drug-likeness (QED) is 0.848. The minimum absolute atomic E-state index is 0.0408. The Bertz CT molecular complexity index is 551. The van der Waals surface area contributed by atoms with Crippen LogP contribution in [0, 0.1) is 0 Å². The van der Waals surface area contributed by atoms with Crippen molar-refractivity contribution >= 4 is 0 Å². The lowest BCUT2D eigenvalue weighted by molar-refractivity contribution is 0.142. The van der Waals surface area contributed by atoms with Crippen molar-refractivity contribution < 1.29 is 9.84 Å². The van der Waals surface area contributed by atoms with Gasteiger partial charge in [0.1, 0.15) is 5.75 Å². The first-order chi connectivity index (χ1) is 10.2. The van der Waals surface area contributed by atoms with Crippen LogP contribution in [0.5, 0.6) is 5.75 Å². The molecule has 1 aromatic carbocycles. The Morgan fingerprint density at radius 1 is 1.33 bits per heavy atom. The molecule has 1 aromatic heterocycles. The smallest absolute Gasteiger partial charge is 0.118 e. The molecule has 1 N–H and O–H groups in total. The molecule has 21 heavy (non-hydrogen) atoms. The predicted molar refractivity (Wildman–Crippen MR) is 82.2 cm³/mol. The van der Waals surface area contributed by atoms with E-state index in [-0.39, 0.29) is 12.6 Å². The summed E-state index contributed by atoms with van der Waals surface area (Å²) in [7, 11) is 3.66. The van der Waals surface area contributed by atoms with Crippen molar-refractivity contribution in [3.8, 4) is 5.75 Å². The fourth-order valence-corrected chi connectivity index (χ4v) is 2.38. The highest BCUT2D eigenvalue weighted by atomic mass is 16.5. The number of rotatable bonds is 7. The molecule has 0 radical (unpaired) electrons. The number of benzene rings is 1. The van der Waals surface area contributed by atoms with Gasteiger partial charge in [0.05, 0.1) is 26.0 Å². The summed E-state index contributed by atoms with van der Waals surface area (Å²) in [5.41, 5.74) is 2.22. The molecule has 0 amide bonds. The van der Waals surface area contributed by atoms with Crippen molar-refractivity contribution in [1.29, 1.82) is 0 Å². The summed E-state index contributed by atoms with van der Waals surface area (Å²) in [5, 5.41) is 14.0. The van der Waals surface area contributed by atoms with E-state index in [0.29, 0.717) is 0 Å². The molecule has 0 saturated heterocycles. The lowest BCUT2D eigenvalue weighted by atomic mass is 10.1. The second-order valence-electron chi connectivity index (χ2n) is 5.09. The van der Waals surface area contributed by atoms with Crippen molar-refractivity contribution in [1.82, 2.24) is 14.7 Å². The standard InChI is InChI=1S/C16H23N3O2/c1-4-19-11-13(9-17-19)10-18(2)16(12-20)14-5-7-15(21-3)8-6-14/h5-9,11,16,20H,4,10,12H2,1-3H3. The third-order valence-electron chi connectivity index (χ3n) is 3.65. The first-order valence-corrected chi connectivity index (χ1v) is 7.14. The number of aryl methyl sites for hydroxylation is 1. The molecule has 0 aliphatic heterocycles. The molecule has 5 heteroatoms. The largest absolute Gasteiger partial charge is 0.497 e. The van der Waals surface area contributed by atoms with Gasteiger partial charge in [0, 0.05) is 24.8 Å². The molecule has 0 bridgehead atoms. The molecule has 2 aromatic rings. The Kier molecular flexibility index (Phi) is 5.36. The SMILES string of the molecule is CCn1cc(CN(C)C(CO)c2ccc(OC)cc2)cn1. The maximum absolute atomic E-state index is 9.71. The zero-order valence-corrected chi connectivity index (χ0v) is 12.9. The highest BCUT2D eigenvalue weighted by Crippen LogP contribution is 2.23. The monoisotopic (exact) mass is 289 g/mol. The summed E-state index contributed by atoms with van der Waals surface area (Å²) in [5.74, 6) is 0.822. The van der Waals surface area contributed by atoms with E-state index < -0.39 is 0 Å². The zero-order chi connectivity index (χ0) is 15.2. The number of aliphatic hydroxyl groups excluding tert-OH is 1. The Hall–Kier alpha value is -1.85. The highest BCUT2D eigenvalue weighted by Gasteiger charge is 2.17. The highest BCUT2D eigenvalue weighted by molar-refractivity contribution is 5.29. The van der Waals surface area contributed by atoms with E-state index in [1.54, 1.807) is 7.11 Å². The average Bonchev–Trinajstić information content (AvgIpc) is 2.96. The Labute approximate surface area is 125 Å². The van der Waals surface area contributed by atoms with Gasteiger partial charge < -0.3 is 9.84 Å². The number of hydrogen-bond acceptors (Lipinski definition) is 4. The topological polar surface area (TPSA) is 50.5 Å². The van der Waals surface area contributed by atoms with E-state index in [9.17, 15) is 5.11 Å². The van der Waals surface area contributed by atoms with Crippen LogP contribution in [0.2, 0.25) is 0 Å². The van der Waals surface area contributed by atoms with Crippen LogP contribution in [0.3, 0.4) is 0 Å². The Morgan fingerprint density at radius 2 is 2.05 bits per heavy atom. The minimum Gasteiger partial charge on any atom is -0.497 e. The fraction of sp³-hybridized carbons (Fsp3) is 0.438. The van der Waals surface area contributed by atoms with Crippen LogP contribution in [-0.2, 0) is 13.1 Å². The van der Waals surface area contributed by atoms with Gasteiger partial charge in [0.25, 0.3) is 0 Å². The molecule has 0 aliphatic rings. The van der Waals surface area contributed by atoms with Crippen molar-refractivity contribution in [3.63, 3.8) is 0 Å². The molecule has 2 rings (SSSR count). The van der Waals surface area contributed by atoms with Gasteiger partial charge >= 0.3 is 0 Å². The summed E-state index contributed by atoms with van der Waals surface area (Å²) in [6.07, 6.45) is 3.92. The van der Waals surface area contributed by atoms with E-state index in [1.807, 2.05) is 48.4 Å². The summed E-state index contributed by atoms with van der Waals surface area (Å²) in [6, 6.07) is 7.78. The summed E-state index contributed by atoms with van der Waals surface area (Å²) in [4.78, 5) is 2.12. The normalized spacial score (nSPS) is 12.6. The van der Waals surface area contributed by atoms with Gasteiger partial charge in [-0.1, -0.05) is 12.1 Å². The van der Waals surface area contributed by atoms with Crippen LogP contribution in [0.1, 0.15) is 24.1 Å². The molecule has 114 valence electrons. The minimum atomic E-state index is -0.0408. The van der Waals surface area contributed by atoms with Crippen molar-refractivity contribution in [2.45, 2.75) is 26.1 Å².